The van der Waals surface area contributed by atoms with Gasteiger partial charge >= 0.3 is 18.0 Å². The second kappa shape index (κ2) is 10.6. The van der Waals surface area contributed by atoms with Crippen LogP contribution in [0.1, 0.15) is 44.9 Å². The van der Waals surface area contributed by atoms with E-state index in [1.165, 1.54) is 0 Å². The average molecular weight is 398 g/mol. The highest BCUT2D eigenvalue weighted by Gasteiger charge is 2.30. The molecule has 0 spiro atoms. The maximum absolute atomic E-state index is 12.2. The number of alkyl halides is 1. The van der Waals surface area contributed by atoms with E-state index in [-0.39, 0.29) is 12.8 Å². The molecule has 0 saturated carbocycles. The Labute approximate surface area is 163 Å². The quantitative estimate of drug-likeness (QED) is 0.553. The molecule has 28 heavy (non-hydrogen) atoms. The van der Waals surface area contributed by atoms with Crippen molar-refractivity contribution in [1.82, 2.24) is 10.3 Å². The highest BCUT2D eigenvalue weighted by Crippen LogP contribution is 2.16. The lowest BCUT2D eigenvalue weighted by Gasteiger charge is -2.23. The number of carbonyl (C=O) groups is 3. The predicted molar refractivity (Wildman–Crippen MR) is 98.8 cm³/mol. The Morgan fingerprint density at radius 1 is 1.21 bits per heavy atom. The Morgan fingerprint density at radius 2 is 1.89 bits per heavy atom. The molecule has 156 valence electrons. The average Bonchev–Trinajstić information content (AvgIpc) is 2.57. The van der Waals surface area contributed by atoms with Crippen LogP contribution in [-0.4, -0.2) is 51.5 Å². The maximum atomic E-state index is 12.2. The highest BCUT2D eigenvalue weighted by atomic mass is 19.1. The number of ether oxygens (including phenoxy) is 1. The number of nitrogens with zero attached hydrogens (tertiary/aromatic N) is 1. The number of carboxylic acids is 2. The third kappa shape index (κ3) is 8.79. The highest BCUT2D eigenvalue weighted by molar-refractivity contribution is 5.81. The summed E-state index contributed by atoms with van der Waals surface area (Å²) in [6.07, 6.45) is 1.22. The lowest BCUT2D eigenvalue weighted by Crippen LogP contribution is -2.45. The second-order valence-electron chi connectivity index (χ2n) is 7.46. The van der Waals surface area contributed by atoms with Crippen LogP contribution in [0.4, 0.5) is 9.18 Å². The fourth-order valence-corrected chi connectivity index (χ4v) is 2.47. The summed E-state index contributed by atoms with van der Waals surface area (Å²) < 4.78 is 17.2. The molecule has 9 heteroatoms. The zero-order valence-electron chi connectivity index (χ0n) is 16.3. The van der Waals surface area contributed by atoms with Crippen molar-refractivity contribution in [2.24, 2.45) is 5.92 Å². The molecule has 0 fully saturated rings. The number of alkyl carbamates (subject to hydrolysis) is 1. The van der Waals surface area contributed by atoms with Crippen LogP contribution >= 0.6 is 0 Å². The van der Waals surface area contributed by atoms with Gasteiger partial charge in [0.05, 0.1) is 12.6 Å². The Bertz CT molecular complexity index is 672. The van der Waals surface area contributed by atoms with E-state index < -0.39 is 42.3 Å². The molecule has 8 nitrogen and oxygen atoms in total. The van der Waals surface area contributed by atoms with Crippen molar-refractivity contribution in [3.63, 3.8) is 0 Å². The number of nitrogens with one attached hydrogen (secondary N) is 1. The molecule has 0 radical (unpaired) electrons. The topological polar surface area (TPSA) is 126 Å². The number of hydrogen-bond donors (Lipinski definition) is 3. The van der Waals surface area contributed by atoms with Crippen molar-refractivity contribution in [2.45, 2.75) is 58.1 Å². The van der Waals surface area contributed by atoms with E-state index in [1.807, 2.05) is 0 Å². The van der Waals surface area contributed by atoms with Gasteiger partial charge in [-0.25, -0.2) is 9.59 Å². The number of aryl methyl sites for hydroxylation is 1. The molecule has 2 atom stereocenters. The molecular weight excluding hydrogens is 371 g/mol. The van der Waals surface area contributed by atoms with Crippen LogP contribution in [0.2, 0.25) is 0 Å². The van der Waals surface area contributed by atoms with Crippen LogP contribution in [0.15, 0.2) is 18.3 Å². The Hall–Kier alpha value is -2.71. The van der Waals surface area contributed by atoms with E-state index in [2.05, 4.69) is 10.3 Å². The standard InChI is InChI=1S/C19H27FN2O6/c1-19(2,3)28-18(27)22-15(17(25)26)10-13(16(23)24)9-14-7-6-12(11-21-14)5-4-8-20/h6-7,11,13,15H,4-5,8-10H2,1-3H3,(H,22,27)(H,23,24)(H,25,26)/t13-,15-/m0/s1. The van der Waals surface area contributed by atoms with Crippen LogP contribution in [0, 0.1) is 5.92 Å². The molecule has 3 N–H and O–H groups in total. The van der Waals surface area contributed by atoms with Crippen molar-refractivity contribution >= 4 is 18.0 Å². The molecule has 1 aromatic heterocycles. The van der Waals surface area contributed by atoms with Crippen molar-refractivity contribution < 1.29 is 33.7 Å². The minimum atomic E-state index is -1.42. The van der Waals surface area contributed by atoms with Crippen LogP contribution < -0.4 is 5.32 Å². The van der Waals surface area contributed by atoms with Gasteiger partial charge in [0.25, 0.3) is 0 Å². The number of aliphatic carboxylic acids is 2. The number of carbonyl (C=O) groups excluding carboxylic acids is 1. The van der Waals surface area contributed by atoms with Crippen molar-refractivity contribution in [3.8, 4) is 0 Å². The Kier molecular flexibility index (Phi) is 8.81. The van der Waals surface area contributed by atoms with Crippen LogP contribution in [0.25, 0.3) is 0 Å². The van der Waals surface area contributed by atoms with Crippen molar-refractivity contribution in [3.05, 3.63) is 29.6 Å². The van der Waals surface area contributed by atoms with Crippen LogP contribution in [0.3, 0.4) is 0 Å². The summed E-state index contributed by atoms with van der Waals surface area (Å²) in [5.74, 6) is -3.62. The first-order valence-corrected chi connectivity index (χ1v) is 8.96. The van der Waals surface area contributed by atoms with Crippen molar-refractivity contribution in [1.29, 1.82) is 0 Å². The van der Waals surface area contributed by atoms with E-state index in [0.29, 0.717) is 18.5 Å². The summed E-state index contributed by atoms with van der Waals surface area (Å²) in [5.41, 5.74) is 0.494. The number of rotatable bonds is 10. The summed E-state index contributed by atoms with van der Waals surface area (Å²) >= 11 is 0. The van der Waals surface area contributed by atoms with Gasteiger partial charge in [0, 0.05) is 18.3 Å². The molecular formula is C19H27FN2O6. The molecule has 1 rings (SSSR count). The maximum Gasteiger partial charge on any atom is 0.408 e. The lowest BCUT2D eigenvalue weighted by atomic mass is 9.94. The monoisotopic (exact) mass is 398 g/mol. The molecule has 0 saturated heterocycles. The van der Waals surface area contributed by atoms with Crippen LogP contribution in [0.5, 0.6) is 0 Å². The normalized spacial score (nSPS) is 13.4. The van der Waals surface area contributed by atoms with Gasteiger partial charge in [-0.2, -0.15) is 0 Å². The zero-order valence-corrected chi connectivity index (χ0v) is 16.3. The van der Waals surface area contributed by atoms with E-state index >= 15 is 0 Å². The van der Waals surface area contributed by atoms with Gasteiger partial charge in [-0.1, -0.05) is 6.07 Å². The first-order chi connectivity index (χ1) is 13.0. The molecule has 0 aromatic carbocycles. The fourth-order valence-electron chi connectivity index (χ4n) is 2.47. The fraction of sp³-hybridized carbons (Fsp3) is 0.579. The zero-order chi connectivity index (χ0) is 21.3. The minimum Gasteiger partial charge on any atom is -0.481 e. The number of amides is 1. The van der Waals surface area contributed by atoms with Crippen molar-refractivity contribution in [2.75, 3.05) is 6.67 Å². The first-order valence-electron chi connectivity index (χ1n) is 8.96. The third-order valence-corrected chi connectivity index (χ3v) is 3.80. The van der Waals surface area contributed by atoms with E-state index in [0.717, 1.165) is 5.56 Å². The number of hydrogen-bond acceptors (Lipinski definition) is 5. The smallest absolute Gasteiger partial charge is 0.408 e. The molecule has 0 unspecified atom stereocenters. The SMILES string of the molecule is CC(C)(C)OC(=O)N[C@@H](C[C@H](Cc1ccc(CCCF)cn1)C(=O)O)C(=O)O. The summed E-state index contributed by atoms with van der Waals surface area (Å²) in [4.78, 5) is 39.0. The molecule has 1 amide bonds. The summed E-state index contributed by atoms with van der Waals surface area (Å²) in [6, 6.07) is 1.96. The Morgan fingerprint density at radius 3 is 2.36 bits per heavy atom. The molecule has 0 aliphatic heterocycles. The molecule has 0 bridgehead atoms. The van der Waals surface area contributed by atoms with E-state index in [1.54, 1.807) is 39.1 Å². The second-order valence-corrected chi connectivity index (χ2v) is 7.46. The molecule has 1 heterocycles. The lowest BCUT2D eigenvalue weighted by molar-refractivity contribution is -0.144. The van der Waals surface area contributed by atoms with Gasteiger partial charge in [-0.15, -0.1) is 0 Å². The van der Waals surface area contributed by atoms with Gasteiger partial charge in [-0.05, 0) is 51.7 Å². The molecule has 0 aliphatic rings. The van der Waals surface area contributed by atoms with Gasteiger partial charge < -0.3 is 20.3 Å². The van der Waals surface area contributed by atoms with E-state index in [9.17, 15) is 29.0 Å². The Balaban J connectivity index is 2.78. The summed E-state index contributed by atoms with van der Waals surface area (Å²) in [5, 5.41) is 21.0. The first kappa shape index (κ1) is 23.3. The number of carboxylic acid groups (broad SMARTS) is 2. The molecule has 0 aliphatic carbocycles. The third-order valence-electron chi connectivity index (χ3n) is 3.80. The number of aromatic nitrogens is 1. The minimum absolute atomic E-state index is 0.00149. The van der Waals surface area contributed by atoms with Gasteiger partial charge in [0.2, 0.25) is 0 Å². The number of pyridine rings is 1. The largest absolute Gasteiger partial charge is 0.481 e. The molecule has 1 aromatic rings. The van der Waals surface area contributed by atoms with Gasteiger partial charge in [0.15, 0.2) is 0 Å². The summed E-state index contributed by atoms with van der Waals surface area (Å²) in [7, 11) is 0. The van der Waals surface area contributed by atoms with Gasteiger partial charge in [-0.3, -0.25) is 14.2 Å². The number of halogens is 1. The summed E-state index contributed by atoms with van der Waals surface area (Å²) in [6.45, 7) is 4.46. The van der Waals surface area contributed by atoms with Gasteiger partial charge in [0.1, 0.15) is 11.6 Å². The van der Waals surface area contributed by atoms with Crippen LogP contribution in [-0.2, 0) is 27.2 Å². The predicted octanol–water partition coefficient (Wildman–Crippen LogP) is 2.60. The van der Waals surface area contributed by atoms with E-state index in [4.69, 9.17) is 4.74 Å².